The number of amides is 2. The molecule has 4 rings (SSSR count). The molecule has 1 N–H and O–H groups in total. The Balaban J connectivity index is 1.53. The van der Waals surface area contributed by atoms with Crippen LogP contribution >= 0.6 is 23.1 Å². The number of thiophene rings is 1. The Kier molecular flexibility index (Phi) is 7.54. The van der Waals surface area contributed by atoms with Crippen molar-refractivity contribution in [2.45, 2.75) is 24.3 Å². The minimum absolute atomic E-state index is 0.0812. The van der Waals surface area contributed by atoms with Crippen LogP contribution in [0.5, 0.6) is 11.5 Å². The monoisotopic (exact) mass is 495 g/mol. The second-order valence-electron chi connectivity index (χ2n) is 7.59. The molecular formula is C25H25N3O4S2. The third kappa shape index (κ3) is 5.43. The zero-order valence-corrected chi connectivity index (χ0v) is 20.7. The van der Waals surface area contributed by atoms with E-state index in [1.165, 1.54) is 18.7 Å². The highest BCUT2D eigenvalue weighted by Crippen LogP contribution is 2.38. The molecule has 9 heteroatoms. The van der Waals surface area contributed by atoms with Gasteiger partial charge in [0.2, 0.25) is 5.91 Å². The lowest BCUT2D eigenvalue weighted by atomic mass is 10.0. The van der Waals surface area contributed by atoms with Crippen molar-refractivity contribution in [2.75, 3.05) is 25.3 Å². The number of nitrogens with zero attached hydrogens (tertiary/aromatic N) is 2. The number of anilines is 1. The first-order valence-electron chi connectivity index (χ1n) is 10.6. The van der Waals surface area contributed by atoms with Gasteiger partial charge in [0.15, 0.2) is 11.5 Å². The quantitative estimate of drug-likeness (QED) is 0.435. The molecule has 0 bridgehead atoms. The number of benzene rings is 2. The normalized spacial score (nSPS) is 15.1. The molecule has 1 aliphatic heterocycles. The minimum Gasteiger partial charge on any atom is -0.493 e. The number of carbonyl (C=O) groups is 2. The maximum atomic E-state index is 13.3. The van der Waals surface area contributed by atoms with E-state index in [2.05, 4.69) is 5.32 Å². The molecule has 0 saturated carbocycles. The Morgan fingerprint density at radius 2 is 1.88 bits per heavy atom. The van der Waals surface area contributed by atoms with Crippen LogP contribution in [0.2, 0.25) is 0 Å². The molecular weight excluding hydrogens is 470 g/mol. The van der Waals surface area contributed by atoms with Crippen LogP contribution in [0.1, 0.15) is 29.8 Å². The van der Waals surface area contributed by atoms with Crippen LogP contribution in [0.4, 0.5) is 5.69 Å². The predicted octanol–water partition coefficient (Wildman–Crippen LogP) is 5.19. The molecule has 1 aliphatic rings. The fourth-order valence-electron chi connectivity index (χ4n) is 3.70. The van der Waals surface area contributed by atoms with Gasteiger partial charge in [-0.1, -0.05) is 12.1 Å². The summed E-state index contributed by atoms with van der Waals surface area (Å²) < 4.78 is 10.8. The molecule has 0 spiro atoms. The molecule has 0 aliphatic carbocycles. The van der Waals surface area contributed by atoms with Crippen LogP contribution in [0, 0.1) is 0 Å². The van der Waals surface area contributed by atoms with Crippen molar-refractivity contribution in [1.82, 2.24) is 5.01 Å². The lowest BCUT2D eigenvalue weighted by molar-refractivity contribution is -0.130. The number of hydrogen-bond acceptors (Lipinski definition) is 7. The molecule has 1 aromatic heterocycles. The highest BCUT2D eigenvalue weighted by atomic mass is 32.2. The molecule has 176 valence electrons. The lowest BCUT2D eigenvalue weighted by Gasteiger charge is -2.23. The van der Waals surface area contributed by atoms with Crippen molar-refractivity contribution in [2.24, 2.45) is 5.10 Å². The third-order valence-corrected chi connectivity index (χ3v) is 7.22. The van der Waals surface area contributed by atoms with Gasteiger partial charge >= 0.3 is 0 Å². The molecule has 2 amide bonds. The zero-order chi connectivity index (χ0) is 24.1. The number of carbonyl (C=O) groups excluding carboxylic acids is 2. The van der Waals surface area contributed by atoms with Gasteiger partial charge in [-0.3, -0.25) is 9.59 Å². The van der Waals surface area contributed by atoms with Gasteiger partial charge in [-0.05, 0) is 53.4 Å². The molecule has 1 atom stereocenters. The molecule has 2 aromatic carbocycles. The topological polar surface area (TPSA) is 80.2 Å². The van der Waals surface area contributed by atoms with Crippen LogP contribution in [0.25, 0.3) is 0 Å². The van der Waals surface area contributed by atoms with E-state index in [0.29, 0.717) is 17.9 Å². The summed E-state index contributed by atoms with van der Waals surface area (Å²) in [6.45, 7) is 1.47. The van der Waals surface area contributed by atoms with Crippen LogP contribution < -0.4 is 14.8 Å². The Morgan fingerprint density at radius 1 is 1.12 bits per heavy atom. The number of hydrazone groups is 1. The second-order valence-corrected chi connectivity index (χ2v) is 9.59. The van der Waals surface area contributed by atoms with Gasteiger partial charge in [0, 0.05) is 23.9 Å². The van der Waals surface area contributed by atoms with Gasteiger partial charge in [-0.2, -0.15) is 5.10 Å². The number of ether oxygens (including phenoxy) is 2. The van der Waals surface area contributed by atoms with Gasteiger partial charge in [0.25, 0.3) is 5.91 Å². The third-order valence-electron chi connectivity index (χ3n) is 5.30. The van der Waals surface area contributed by atoms with Crippen LogP contribution in [-0.2, 0) is 9.59 Å². The number of nitrogens with one attached hydrogen (secondary N) is 1. The molecule has 0 fully saturated rings. The first kappa shape index (κ1) is 23.8. The largest absolute Gasteiger partial charge is 0.493 e. The Morgan fingerprint density at radius 3 is 2.53 bits per heavy atom. The van der Waals surface area contributed by atoms with E-state index in [9.17, 15) is 9.59 Å². The van der Waals surface area contributed by atoms with E-state index < -0.39 is 0 Å². The maximum Gasteiger partial charge on any atom is 0.253 e. The van der Waals surface area contributed by atoms with E-state index in [-0.39, 0.29) is 23.6 Å². The summed E-state index contributed by atoms with van der Waals surface area (Å²) >= 11 is 3.05. The summed E-state index contributed by atoms with van der Waals surface area (Å²) in [6.07, 6.45) is 0.623. The van der Waals surface area contributed by atoms with Crippen LogP contribution in [-0.4, -0.2) is 42.5 Å². The number of thioether (sulfide) groups is 1. The van der Waals surface area contributed by atoms with Gasteiger partial charge in [-0.15, -0.1) is 23.1 Å². The van der Waals surface area contributed by atoms with Gasteiger partial charge in [0.05, 0.1) is 36.6 Å². The van der Waals surface area contributed by atoms with Crippen molar-refractivity contribution < 1.29 is 19.1 Å². The minimum atomic E-state index is -0.229. The van der Waals surface area contributed by atoms with Crippen LogP contribution in [0.15, 0.2) is 70.0 Å². The summed E-state index contributed by atoms with van der Waals surface area (Å²) in [5.41, 5.74) is 2.56. The Bertz CT molecular complexity index is 1190. The fraction of sp³-hybridized carbons (Fsp3) is 0.240. The van der Waals surface area contributed by atoms with Crippen LogP contribution in [0.3, 0.4) is 0 Å². The SMILES string of the molecule is COc1ccc(C2CC(c3cccs3)=NN2C(=O)CSc2ccc(NC(C)=O)cc2)cc1OC. The van der Waals surface area contributed by atoms with E-state index >= 15 is 0 Å². The van der Waals surface area contributed by atoms with Crippen molar-refractivity contribution in [1.29, 1.82) is 0 Å². The highest BCUT2D eigenvalue weighted by Gasteiger charge is 2.33. The molecule has 3 aromatic rings. The van der Waals surface area contributed by atoms with Gasteiger partial charge in [0.1, 0.15) is 0 Å². The molecule has 34 heavy (non-hydrogen) atoms. The summed E-state index contributed by atoms with van der Waals surface area (Å²) in [5.74, 6) is 1.29. The van der Waals surface area contributed by atoms with Crippen molar-refractivity contribution in [3.05, 3.63) is 70.4 Å². The van der Waals surface area contributed by atoms with E-state index in [0.717, 1.165) is 26.7 Å². The lowest BCUT2D eigenvalue weighted by Crippen LogP contribution is -2.28. The van der Waals surface area contributed by atoms with Gasteiger partial charge in [-0.25, -0.2) is 5.01 Å². The summed E-state index contributed by atoms with van der Waals surface area (Å²) in [6, 6.07) is 16.9. The first-order valence-corrected chi connectivity index (χ1v) is 12.5. The second kappa shape index (κ2) is 10.8. The molecule has 7 nitrogen and oxygen atoms in total. The number of methoxy groups -OCH3 is 2. The number of rotatable bonds is 8. The number of hydrogen-bond donors (Lipinski definition) is 1. The van der Waals surface area contributed by atoms with Crippen molar-refractivity contribution >= 4 is 46.3 Å². The van der Waals surface area contributed by atoms with E-state index in [1.807, 2.05) is 60.0 Å². The molecule has 0 radical (unpaired) electrons. The smallest absolute Gasteiger partial charge is 0.253 e. The molecule has 1 unspecified atom stereocenters. The summed E-state index contributed by atoms with van der Waals surface area (Å²) in [4.78, 5) is 26.5. The van der Waals surface area contributed by atoms with E-state index in [1.54, 1.807) is 30.6 Å². The fourth-order valence-corrected chi connectivity index (χ4v) is 5.17. The molecule has 0 saturated heterocycles. The summed E-state index contributed by atoms with van der Waals surface area (Å²) in [7, 11) is 3.20. The standard InChI is InChI=1S/C25H25N3O4S2/c1-16(29)26-18-7-9-19(10-8-18)34-15-25(30)28-21(14-20(27-28)24-5-4-12-33-24)17-6-11-22(31-2)23(13-17)32-3/h4-13,21H,14-15H2,1-3H3,(H,26,29). The average Bonchev–Trinajstić information content (AvgIpc) is 3.53. The van der Waals surface area contributed by atoms with Crippen molar-refractivity contribution in [3.8, 4) is 11.5 Å². The Labute approximate surface area is 206 Å². The zero-order valence-electron chi connectivity index (χ0n) is 19.1. The Hall–Kier alpha value is -3.30. The molecule has 2 heterocycles. The summed E-state index contributed by atoms with van der Waals surface area (Å²) in [5, 5.41) is 11.1. The average molecular weight is 496 g/mol. The predicted molar refractivity (Wildman–Crippen MR) is 136 cm³/mol. The van der Waals surface area contributed by atoms with Gasteiger partial charge < -0.3 is 14.8 Å². The highest BCUT2D eigenvalue weighted by molar-refractivity contribution is 8.00. The van der Waals surface area contributed by atoms with Crippen molar-refractivity contribution in [3.63, 3.8) is 0 Å². The van der Waals surface area contributed by atoms with E-state index in [4.69, 9.17) is 14.6 Å². The maximum absolute atomic E-state index is 13.3. The first-order chi connectivity index (χ1) is 16.5.